The molecule has 108 heavy (non-hydrogen) atoms. The van der Waals surface area contributed by atoms with Crippen LogP contribution in [0.5, 0.6) is 0 Å². The monoisotopic (exact) mass is 1370 g/mol. The van der Waals surface area contributed by atoms with Crippen molar-refractivity contribution >= 4 is 109 Å². The predicted molar refractivity (Wildman–Crippen MR) is 458 cm³/mol. The van der Waals surface area contributed by atoms with Crippen LogP contribution < -0.4 is 0 Å². The third kappa shape index (κ3) is 10.7. The zero-order valence-corrected chi connectivity index (χ0v) is 59.0. The maximum absolute atomic E-state index is 2.44. The fraction of sp³-hybridized carbons (Fsp3) is 0. The molecule has 0 unspecified atom stereocenters. The lowest BCUT2D eigenvalue weighted by atomic mass is 9.98. The summed E-state index contributed by atoms with van der Waals surface area (Å²) in [5.41, 5.74) is 28.8. The number of hydrogen-bond donors (Lipinski definition) is 0. The number of para-hydroxylation sites is 4. The van der Waals surface area contributed by atoms with Gasteiger partial charge in [-0.3, -0.25) is 0 Å². The highest BCUT2D eigenvalue weighted by Crippen LogP contribution is 2.44. The Morgan fingerprint density at radius 1 is 0.111 bits per heavy atom. The second-order valence-corrected chi connectivity index (χ2v) is 28.4. The van der Waals surface area contributed by atoms with Crippen molar-refractivity contribution in [1.82, 2.24) is 18.3 Å². The highest BCUT2D eigenvalue weighted by atomic mass is 15.0. The highest BCUT2D eigenvalue weighted by molar-refractivity contribution is 6.15. The van der Waals surface area contributed by atoms with Crippen LogP contribution in [0.4, 0.5) is 0 Å². The number of hydrogen-bond acceptors (Lipinski definition) is 0. The van der Waals surface area contributed by atoms with Crippen LogP contribution in [0.3, 0.4) is 0 Å². The van der Waals surface area contributed by atoms with Gasteiger partial charge in [0.2, 0.25) is 0 Å². The van der Waals surface area contributed by atoms with E-state index in [0.29, 0.717) is 0 Å². The van der Waals surface area contributed by atoms with E-state index >= 15 is 0 Å². The Balaban J connectivity index is 0.000000138. The van der Waals surface area contributed by atoms with Crippen LogP contribution in [-0.4, -0.2) is 18.3 Å². The summed E-state index contributed by atoms with van der Waals surface area (Å²) >= 11 is 0. The lowest BCUT2D eigenvalue weighted by Crippen LogP contribution is -1.96. The summed E-state index contributed by atoms with van der Waals surface area (Å²) < 4.78 is 9.67. The zero-order valence-electron chi connectivity index (χ0n) is 59.0. The van der Waals surface area contributed by atoms with Gasteiger partial charge in [-0.05, 0) is 222 Å². The molecular formula is C104H68N4. The Labute approximate surface area is 625 Å². The Morgan fingerprint density at radius 3 is 0.750 bits per heavy atom. The lowest BCUT2D eigenvalue weighted by molar-refractivity contribution is 1.18. The van der Waals surface area contributed by atoms with Crippen LogP contribution in [-0.2, 0) is 0 Å². The number of aromatic nitrogens is 4. The van der Waals surface area contributed by atoms with E-state index in [1.165, 1.54) is 187 Å². The van der Waals surface area contributed by atoms with Crippen molar-refractivity contribution in [3.05, 3.63) is 413 Å². The van der Waals surface area contributed by atoms with Crippen molar-refractivity contribution < 1.29 is 0 Å². The second kappa shape index (κ2) is 25.8. The molecule has 0 spiro atoms. The van der Waals surface area contributed by atoms with E-state index in [9.17, 15) is 0 Å². The molecular weight excluding hydrogens is 1310 g/mol. The Kier molecular flexibility index (Phi) is 14.9. The van der Waals surface area contributed by atoms with Gasteiger partial charge in [0.05, 0.1) is 44.1 Å². The van der Waals surface area contributed by atoms with Crippen LogP contribution >= 0.6 is 0 Å². The van der Waals surface area contributed by atoms with E-state index in [-0.39, 0.29) is 0 Å². The summed E-state index contributed by atoms with van der Waals surface area (Å²) in [5, 5.41) is 15.0. The van der Waals surface area contributed by atoms with Gasteiger partial charge < -0.3 is 18.3 Å². The van der Waals surface area contributed by atoms with E-state index in [1.54, 1.807) is 0 Å². The Hall–Kier alpha value is -14.3. The standard InChI is InChI=1S/2C52H34N2/c1-3-13-35(14-4-1)41-29-42(36-15-5-2-6-16-36)32-44(31-41)54-50-22-12-10-20-46(50)48-34-40(25-28-52(48)54)39-24-27-51-47(33-39)45-19-9-11-21-49(45)53(51)43-26-23-37-17-7-8-18-38(37)30-43;1-2-12-35(13-3-1)37-16-10-17-38(30-37)40-18-11-19-43(32-40)53-49-22-8-6-20-45(49)47-33-41(25-28-51(47)53)42-26-29-52-48(34-42)46-21-7-9-23-50(46)54(52)44-27-24-36-14-4-5-15-39(36)31-44/h2*1-34H. The summed E-state index contributed by atoms with van der Waals surface area (Å²) in [6.45, 7) is 0. The molecule has 4 nitrogen and oxygen atoms in total. The maximum atomic E-state index is 2.44. The first-order chi connectivity index (χ1) is 53.5. The molecule has 0 amide bonds. The molecule has 0 bridgehead atoms. The minimum Gasteiger partial charge on any atom is -0.309 e. The average Bonchev–Trinajstić information content (AvgIpc) is 1.62. The number of rotatable bonds is 10. The fourth-order valence-electron chi connectivity index (χ4n) is 17.0. The fourth-order valence-corrected chi connectivity index (χ4v) is 17.0. The second-order valence-electron chi connectivity index (χ2n) is 28.4. The van der Waals surface area contributed by atoms with Gasteiger partial charge in [-0.1, -0.05) is 279 Å². The van der Waals surface area contributed by atoms with Gasteiger partial charge in [0.25, 0.3) is 0 Å². The van der Waals surface area contributed by atoms with Crippen LogP contribution in [0.25, 0.3) is 198 Å². The minimum absolute atomic E-state index is 1.15. The van der Waals surface area contributed by atoms with Gasteiger partial charge in [-0.2, -0.15) is 0 Å². The molecule has 0 aliphatic carbocycles. The summed E-state index contributed by atoms with van der Waals surface area (Å²) in [4.78, 5) is 0. The molecule has 4 aromatic heterocycles. The van der Waals surface area contributed by atoms with E-state index < -0.39 is 0 Å². The molecule has 4 heterocycles. The van der Waals surface area contributed by atoms with Gasteiger partial charge in [0.15, 0.2) is 0 Å². The molecule has 4 heteroatoms. The molecule has 0 N–H and O–H groups in total. The average molecular weight is 1370 g/mol. The molecule has 0 radical (unpaired) electrons. The van der Waals surface area contributed by atoms with Crippen molar-refractivity contribution in [2.45, 2.75) is 0 Å². The molecule has 18 aromatic carbocycles. The van der Waals surface area contributed by atoms with Crippen molar-refractivity contribution in [2.24, 2.45) is 0 Å². The van der Waals surface area contributed by atoms with Crippen molar-refractivity contribution in [2.75, 3.05) is 0 Å². The number of benzene rings is 18. The third-order valence-electron chi connectivity index (χ3n) is 22.1. The molecule has 0 aliphatic rings. The van der Waals surface area contributed by atoms with Gasteiger partial charge in [0, 0.05) is 65.8 Å². The van der Waals surface area contributed by atoms with E-state index in [1.807, 2.05) is 0 Å². The van der Waals surface area contributed by atoms with Crippen LogP contribution in [0.2, 0.25) is 0 Å². The van der Waals surface area contributed by atoms with Crippen molar-refractivity contribution in [3.63, 3.8) is 0 Å². The third-order valence-corrected chi connectivity index (χ3v) is 22.1. The molecule has 0 saturated heterocycles. The summed E-state index contributed by atoms with van der Waals surface area (Å²) in [6, 6.07) is 151. The van der Waals surface area contributed by atoms with Gasteiger partial charge in [-0.15, -0.1) is 0 Å². The van der Waals surface area contributed by atoms with E-state index in [2.05, 4.69) is 431 Å². The first kappa shape index (κ1) is 62.3. The zero-order chi connectivity index (χ0) is 71.2. The van der Waals surface area contributed by atoms with Crippen LogP contribution in [0.1, 0.15) is 0 Å². The van der Waals surface area contributed by atoms with E-state index in [4.69, 9.17) is 0 Å². The number of nitrogens with zero attached hydrogens (tertiary/aromatic N) is 4. The lowest BCUT2D eigenvalue weighted by Gasteiger charge is -2.14. The van der Waals surface area contributed by atoms with Crippen molar-refractivity contribution in [1.29, 1.82) is 0 Å². The topological polar surface area (TPSA) is 19.7 Å². The smallest absolute Gasteiger partial charge is 0.0541 e. The van der Waals surface area contributed by atoms with E-state index in [0.717, 1.165) is 11.4 Å². The summed E-state index contributed by atoms with van der Waals surface area (Å²) in [6.07, 6.45) is 0. The Bertz CT molecular complexity index is 7230. The SMILES string of the molecule is c1ccc(-c2cc(-c3ccccc3)cc(-n3c4ccccc4c4cc(-c5ccc6c(c5)c5ccccc5n6-c5ccc6ccccc6c5)ccc43)c2)cc1.c1ccc(-c2cccc(-c3cccc(-n4c5ccccc5c5cc(-c6ccc7c(c6)c6ccccc6n7-c6ccc7ccccc7c6)ccc54)c3)c2)cc1. The maximum Gasteiger partial charge on any atom is 0.0541 e. The molecule has 22 rings (SSSR count). The van der Waals surface area contributed by atoms with Gasteiger partial charge in [-0.25, -0.2) is 0 Å². The van der Waals surface area contributed by atoms with Gasteiger partial charge >= 0.3 is 0 Å². The number of fused-ring (bicyclic) bond motifs is 14. The first-order valence-electron chi connectivity index (χ1n) is 37.2. The highest BCUT2D eigenvalue weighted by Gasteiger charge is 2.21. The molecule has 504 valence electrons. The molecule has 0 aliphatic heterocycles. The van der Waals surface area contributed by atoms with Crippen LogP contribution in [0.15, 0.2) is 413 Å². The van der Waals surface area contributed by atoms with Gasteiger partial charge in [0.1, 0.15) is 0 Å². The minimum atomic E-state index is 1.15. The first-order valence-corrected chi connectivity index (χ1v) is 37.2. The van der Waals surface area contributed by atoms with Crippen molar-refractivity contribution in [3.8, 4) is 89.5 Å². The molecule has 0 atom stereocenters. The quantitative estimate of drug-likeness (QED) is 0.130. The Morgan fingerprint density at radius 2 is 0.361 bits per heavy atom. The summed E-state index contributed by atoms with van der Waals surface area (Å²) in [7, 11) is 0. The molecule has 22 aromatic rings. The predicted octanol–water partition coefficient (Wildman–Crippen LogP) is 28.1. The van der Waals surface area contributed by atoms with Crippen LogP contribution in [0, 0.1) is 0 Å². The molecule has 0 fully saturated rings. The molecule has 0 saturated carbocycles. The normalized spacial score (nSPS) is 11.7. The summed E-state index contributed by atoms with van der Waals surface area (Å²) in [5.74, 6) is 0. The largest absolute Gasteiger partial charge is 0.309 e.